The summed E-state index contributed by atoms with van der Waals surface area (Å²) in [5, 5.41) is 0.750. The maximum absolute atomic E-state index is 13.0. The molecule has 1 atom stereocenters. The van der Waals surface area contributed by atoms with Gasteiger partial charge in [0.25, 0.3) is 5.56 Å². The van der Waals surface area contributed by atoms with Crippen LogP contribution in [-0.4, -0.2) is 22.1 Å². The van der Waals surface area contributed by atoms with E-state index in [4.69, 9.17) is 4.74 Å². The first kappa shape index (κ1) is 13.9. The summed E-state index contributed by atoms with van der Waals surface area (Å²) >= 11 is 1.66. The minimum atomic E-state index is -0.501. The average molecular weight is 318 g/mol. The quantitative estimate of drug-likeness (QED) is 0.798. The highest BCUT2D eigenvalue weighted by molar-refractivity contribution is 7.18. The summed E-state index contributed by atoms with van der Waals surface area (Å²) in [6.45, 7) is 2.12. The van der Waals surface area contributed by atoms with Crippen molar-refractivity contribution in [2.24, 2.45) is 0 Å². The van der Waals surface area contributed by atoms with Crippen molar-refractivity contribution in [3.05, 3.63) is 26.6 Å². The molecule has 0 N–H and O–H groups in total. The molecule has 0 fully saturated rings. The molecule has 0 spiro atoms. The van der Waals surface area contributed by atoms with E-state index in [-0.39, 0.29) is 11.5 Å². The monoisotopic (exact) mass is 318 g/mol. The van der Waals surface area contributed by atoms with Gasteiger partial charge < -0.3 is 4.74 Å². The van der Waals surface area contributed by atoms with Crippen LogP contribution in [0.25, 0.3) is 10.2 Å². The van der Waals surface area contributed by atoms with Crippen LogP contribution in [-0.2, 0) is 28.8 Å². The third-order valence-corrected chi connectivity index (χ3v) is 5.79. The average Bonchev–Trinajstić information content (AvgIpc) is 3.08. The fourth-order valence-electron chi connectivity index (χ4n) is 3.61. The van der Waals surface area contributed by atoms with Gasteiger partial charge in [-0.05, 0) is 44.6 Å². The van der Waals surface area contributed by atoms with Crippen LogP contribution in [0.3, 0.4) is 0 Å². The van der Waals surface area contributed by atoms with E-state index in [0.29, 0.717) is 19.4 Å². The van der Waals surface area contributed by atoms with E-state index < -0.39 is 6.04 Å². The van der Waals surface area contributed by atoms with Gasteiger partial charge in [0.1, 0.15) is 16.7 Å². The lowest BCUT2D eigenvalue weighted by molar-refractivity contribution is -0.147. The number of aryl methyl sites for hydroxylation is 3. The highest BCUT2D eigenvalue weighted by atomic mass is 32.1. The minimum absolute atomic E-state index is 0.0463. The molecule has 1 aliphatic carbocycles. The normalized spacial score (nSPS) is 20.0. The summed E-state index contributed by atoms with van der Waals surface area (Å²) in [5.74, 6) is 0.419. The number of esters is 1. The Morgan fingerprint density at radius 3 is 3.00 bits per heavy atom. The fourth-order valence-corrected chi connectivity index (χ4v) is 4.88. The summed E-state index contributed by atoms with van der Waals surface area (Å²) < 4.78 is 6.71. The number of nitrogens with zero attached hydrogens (tertiary/aromatic N) is 2. The van der Waals surface area contributed by atoms with Crippen LogP contribution in [0.5, 0.6) is 0 Å². The van der Waals surface area contributed by atoms with Crippen LogP contribution in [0.2, 0.25) is 0 Å². The Morgan fingerprint density at radius 1 is 1.36 bits per heavy atom. The van der Waals surface area contributed by atoms with Crippen LogP contribution in [0.15, 0.2) is 4.79 Å². The van der Waals surface area contributed by atoms with E-state index in [1.807, 2.05) is 0 Å². The van der Waals surface area contributed by atoms with Crippen molar-refractivity contribution in [1.82, 2.24) is 9.55 Å². The maximum atomic E-state index is 13.0. The first-order chi connectivity index (χ1) is 10.7. The predicted molar refractivity (Wildman–Crippen MR) is 84.5 cm³/mol. The van der Waals surface area contributed by atoms with Gasteiger partial charge >= 0.3 is 5.97 Å². The van der Waals surface area contributed by atoms with Crippen molar-refractivity contribution in [3.63, 3.8) is 0 Å². The van der Waals surface area contributed by atoms with Crippen molar-refractivity contribution >= 4 is 27.5 Å². The van der Waals surface area contributed by atoms with Crippen LogP contribution < -0.4 is 5.56 Å². The van der Waals surface area contributed by atoms with Gasteiger partial charge in [0.05, 0.1) is 12.0 Å². The number of ether oxygens (including phenoxy) is 1. The van der Waals surface area contributed by atoms with Gasteiger partial charge in [-0.25, -0.2) is 9.78 Å². The molecule has 2 aromatic heterocycles. The SMILES string of the molecule is CCOC(=O)[C@@H]1CCc2nc3sc4c(c3c(=O)n21)CCCC4. The van der Waals surface area contributed by atoms with E-state index in [0.717, 1.165) is 35.3 Å². The smallest absolute Gasteiger partial charge is 0.329 e. The lowest BCUT2D eigenvalue weighted by Crippen LogP contribution is -2.30. The third kappa shape index (κ3) is 1.93. The number of hydrogen-bond acceptors (Lipinski definition) is 5. The molecule has 1 aliphatic heterocycles. The van der Waals surface area contributed by atoms with Gasteiger partial charge in [-0.1, -0.05) is 0 Å². The number of rotatable bonds is 2. The van der Waals surface area contributed by atoms with Crippen LogP contribution in [0, 0.1) is 0 Å². The minimum Gasteiger partial charge on any atom is -0.464 e. The topological polar surface area (TPSA) is 61.2 Å². The van der Waals surface area contributed by atoms with E-state index in [9.17, 15) is 9.59 Å². The predicted octanol–water partition coefficient (Wildman–Crippen LogP) is 2.39. The number of carbonyl (C=O) groups is 1. The summed E-state index contributed by atoms with van der Waals surface area (Å²) in [4.78, 5) is 32.0. The Hall–Kier alpha value is -1.69. The highest BCUT2D eigenvalue weighted by Crippen LogP contribution is 2.35. The van der Waals surface area contributed by atoms with Gasteiger partial charge in [-0.3, -0.25) is 9.36 Å². The molecule has 3 heterocycles. The number of fused-ring (bicyclic) bond motifs is 4. The second-order valence-corrected chi connectivity index (χ2v) is 6.98. The van der Waals surface area contributed by atoms with Crippen LogP contribution in [0.4, 0.5) is 0 Å². The van der Waals surface area contributed by atoms with E-state index >= 15 is 0 Å². The largest absolute Gasteiger partial charge is 0.464 e. The number of hydrogen-bond donors (Lipinski definition) is 0. The third-order valence-electron chi connectivity index (χ3n) is 4.61. The Kier molecular flexibility index (Phi) is 3.29. The molecule has 0 amide bonds. The van der Waals surface area contributed by atoms with E-state index in [1.165, 1.54) is 16.9 Å². The van der Waals surface area contributed by atoms with Gasteiger partial charge in [-0.15, -0.1) is 11.3 Å². The van der Waals surface area contributed by atoms with Gasteiger partial charge in [0.2, 0.25) is 0 Å². The lowest BCUT2D eigenvalue weighted by atomic mass is 9.97. The molecule has 0 unspecified atom stereocenters. The number of aromatic nitrogens is 2. The van der Waals surface area contributed by atoms with Gasteiger partial charge in [-0.2, -0.15) is 0 Å². The molecule has 0 saturated heterocycles. The van der Waals surface area contributed by atoms with Crippen LogP contribution >= 0.6 is 11.3 Å². The fraction of sp³-hybridized carbons (Fsp3) is 0.562. The summed E-state index contributed by atoms with van der Waals surface area (Å²) in [7, 11) is 0. The molecule has 0 radical (unpaired) electrons. The summed E-state index contributed by atoms with van der Waals surface area (Å²) in [6, 6.07) is -0.501. The van der Waals surface area contributed by atoms with E-state index in [2.05, 4.69) is 4.98 Å². The maximum Gasteiger partial charge on any atom is 0.329 e. The highest BCUT2D eigenvalue weighted by Gasteiger charge is 2.33. The zero-order valence-electron chi connectivity index (χ0n) is 12.6. The van der Waals surface area contributed by atoms with Gasteiger partial charge in [0.15, 0.2) is 0 Å². The van der Waals surface area contributed by atoms with Crippen molar-refractivity contribution in [2.75, 3.05) is 6.61 Å². The molecule has 4 rings (SSSR count). The van der Waals surface area contributed by atoms with Gasteiger partial charge in [0, 0.05) is 11.3 Å². The van der Waals surface area contributed by atoms with E-state index in [1.54, 1.807) is 22.8 Å². The molecule has 2 aromatic rings. The molecule has 2 aliphatic rings. The molecule has 0 bridgehead atoms. The summed E-state index contributed by atoms with van der Waals surface area (Å²) in [5.41, 5.74) is 1.13. The zero-order valence-corrected chi connectivity index (χ0v) is 13.4. The number of carbonyl (C=O) groups excluding carboxylic acids is 1. The van der Waals surface area contributed by atoms with Crippen molar-refractivity contribution in [2.45, 2.75) is 51.5 Å². The molecule has 22 heavy (non-hydrogen) atoms. The molecule has 116 valence electrons. The number of thiophene rings is 1. The second kappa shape index (κ2) is 5.19. The Bertz CT molecular complexity index is 821. The molecule has 0 saturated carbocycles. The molecular formula is C16H18N2O3S. The molecule has 5 nitrogen and oxygen atoms in total. The molecular weight excluding hydrogens is 300 g/mol. The van der Waals surface area contributed by atoms with Crippen molar-refractivity contribution < 1.29 is 9.53 Å². The Labute approximate surface area is 131 Å². The summed E-state index contributed by atoms with van der Waals surface area (Å²) in [6.07, 6.45) is 5.59. The Morgan fingerprint density at radius 2 is 2.18 bits per heavy atom. The second-order valence-electron chi connectivity index (χ2n) is 5.90. The zero-order chi connectivity index (χ0) is 15.3. The van der Waals surface area contributed by atoms with Crippen molar-refractivity contribution in [1.29, 1.82) is 0 Å². The van der Waals surface area contributed by atoms with Crippen molar-refractivity contribution in [3.8, 4) is 0 Å². The Balaban J connectivity index is 1.91. The molecule has 0 aromatic carbocycles. The molecule has 6 heteroatoms. The first-order valence-corrected chi connectivity index (χ1v) is 8.74. The van der Waals surface area contributed by atoms with Crippen LogP contribution in [0.1, 0.15) is 48.5 Å². The standard InChI is InChI=1S/C16H18N2O3S/c1-2-21-16(20)10-7-8-12-17-14-13(15(19)18(10)12)9-5-3-4-6-11(9)22-14/h10H,2-8H2,1H3/t10-/m0/s1. The lowest BCUT2D eigenvalue weighted by Gasteiger charge is -2.14. The first-order valence-electron chi connectivity index (χ1n) is 7.93.